The number of ether oxygens (including phenoxy) is 2. The Morgan fingerprint density at radius 2 is 1.75 bits per heavy atom. The lowest BCUT2D eigenvalue weighted by Gasteiger charge is -2.15. The maximum absolute atomic E-state index is 13.0. The van der Waals surface area contributed by atoms with Crippen LogP contribution in [0.5, 0.6) is 5.75 Å². The van der Waals surface area contributed by atoms with Crippen LogP contribution in [0.2, 0.25) is 0 Å². The van der Waals surface area contributed by atoms with Crippen molar-refractivity contribution in [1.29, 1.82) is 0 Å². The first-order chi connectivity index (χ1) is 9.69. The molecule has 0 aromatic heterocycles. The Kier molecular flexibility index (Phi) is 4.17. The summed E-state index contributed by atoms with van der Waals surface area (Å²) in [6.07, 6.45) is 4.70. The zero-order valence-corrected chi connectivity index (χ0v) is 11.3. The highest BCUT2D eigenvalue weighted by molar-refractivity contribution is 5.23. The molecule has 0 radical (unpaired) electrons. The first-order valence-electron chi connectivity index (χ1n) is 7.17. The topological polar surface area (TPSA) is 30.5 Å². The third-order valence-corrected chi connectivity index (χ3v) is 3.68. The zero-order chi connectivity index (χ0) is 13.9. The average Bonchev–Trinajstić information content (AvgIpc) is 3.12. The Bertz CT molecular complexity index is 445. The van der Waals surface area contributed by atoms with Gasteiger partial charge in [0.1, 0.15) is 24.0 Å². The van der Waals surface area contributed by atoms with Crippen LogP contribution in [0.15, 0.2) is 18.2 Å². The van der Waals surface area contributed by atoms with E-state index in [1.54, 1.807) is 0 Å². The van der Waals surface area contributed by atoms with E-state index in [1.807, 2.05) is 0 Å². The second-order valence-corrected chi connectivity index (χ2v) is 5.56. The monoisotopic (exact) mass is 283 g/mol. The Balaban J connectivity index is 1.42. The molecule has 0 bridgehead atoms. The van der Waals surface area contributed by atoms with Crippen molar-refractivity contribution in [3.63, 3.8) is 0 Å². The van der Waals surface area contributed by atoms with Gasteiger partial charge in [-0.25, -0.2) is 8.78 Å². The lowest BCUT2D eigenvalue weighted by Crippen LogP contribution is -2.29. The highest BCUT2D eigenvalue weighted by Gasteiger charge is 2.28. The number of nitrogens with one attached hydrogen (secondary N) is 1. The third kappa shape index (κ3) is 3.90. The van der Waals surface area contributed by atoms with Crippen LogP contribution in [0.4, 0.5) is 8.78 Å². The second kappa shape index (κ2) is 6.06. The zero-order valence-electron chi connectivity index (χ0n) is 11.3. The van der Waals surface area contributed by atoms with Crippen molar-refractivity contribution in [2.75, 3.05) is 13.2 Å². The molecule has 0 spiro atoms. The summed E-state index contributed by atoms with van der Waals surface area (Å²) in [5.74, 6) is -1.04. The van der Waals surface area contributed by atoms with Crippen LogP contribution < -0.4 is 10.1 Å². The first kappa shape index (κ1) is 13.8. The molecule has 1 aliphatic carbocycles. The van der Waals surface area contributed by atoms with Gasteiger partial charge in [0.15, 0.2) is 0 Å². The van der Waals surface area contributed by atoms with Gasteiger partial charge < -0.3 is 14.8 Å². The van der Waals surface area contributed by atoms with E-state index in [4.69, 9.17) is 9.47 Å². The highest BCUT2D eigenvalue weighted by atomic mass is 19.1. The minimum atomic E-state index is -0.626. The first-order valence-corrected chi connectivity index (χ1v) is 7.17. The molecule has 1 saturated carbocycles. The van der Waals surface area contributed by atoms with E-state index in [9.17, 15) is 8.78 Å². The van der Waals surface area contributed by atoms with E-state index in [0.29, 0.717) is 12.6 Å². The summed E-state index contributed by atoms with van der Waals surface area (Å²) in [7, 11) is 0. The van der Waals surface area contributed by atoms with Crippen LogP contribution >= 0.6 is 0 Å². The Morgan fingerprint density at radius 1 is 1.05 bits per heavy atom. The molecular weight excluding hydrogens is 264 g/mol. The highest BCUT2D eigenvalue weighted by Crippen LogP contribution is 2.23. The van der Waals surface area contributed by atoms with Crippen molar-refractivity contribution in [2.45, 2.75) is 43.9 Å². The van der Waals surface area contributed by atoms with E-state index in [0.717, 1.165) is 25.5 Å². The van der Waals surface area contributed by atoms with Gasteiger partial charge in [-0.05, 0) is 25.7 Å². The summed E-state index contributed by atoms with van der Waals surface area (Å²) in [6.45, 7) is 1.22. The molecule has 20 heavy (non-hydrogen) atoms. The van der Waals surface area contributed by atoms with Gasteiger partial charge in [-0.15, -0.1) is 0 Å². The minimum Gasteiger partial charge on any atom is -0.491 e. The SMILES string of the molecule is Fc1cc(F)cc(OCC2CCC(CNC3CC3)O2)c1. The summed E-state index contributed by atoms with van der Waals surface area (Å²) in [6, 6.07) is 3.89. The Morgan fingerprint density at radius 3 is 2.45 bits per heavy atom. The maximum atomic E-state index is 13.0. The van der Waals surface area contributed by atoms with Gasteiger partial charge in [0.05, 0.1) is 12.2 Å². The minimum absolute atomic E-state index is 0.00679. The van der Waals surface area contributed by atoms with E-state index in [2.05, 4.69) is 5.32 Å². The van der Waals surface area contributed by atoms with E-state index in [1.165, 1.54) is 25.0 Å². The van der Waals surface area contributed by atoms with Crippen LogP contribution in [0.3, 0.4) is 0 Å². The lowest BCUT2D eigenvalue weighted by atomic mass is 10.2. The van der Waals surface area contributed by atoms with E-state index in [-0.39, 0.29) is 18.0 Å². The molecule has 2 unspecified atom stereocenters. The Labute approximate surface area is 117 Å². The summed E-state index contributed by atoms with van der Waals surface area (Å²) >= 11 is 0. The van der Waals surface area contributed by atoms with Crippen molar-refractivity contribution in [2.24, 2.45) is 0 Å². The smallest absolute Gasteiger partial charge is 0.129 e. The molecule has 2 fully saturated rings. The molecular formula is C15H19F2NO2. The third-order valence-electron chi connectivity index (χ3n) is 3.68. The molecule has 3 nitrogen and oxygen atoms in total. The van der Waals surface area contributed by atoms with Crippen LogP contribution in [0.1, 0.15) is 25.7 Å². The van der Waals surface area contributed by atoms with Gasteiger partial charge in [-0.2, -0.15) is 0 Å². The van der Waals surface area contributed by atoms with Crippen LogP contribution in [-0.4, -0.2) is 31.4 Å². The summed E-state index contributed by atoms with van der Waals surface area (Å²) in [4.78, 5) is 0. The summed E-state index contributed by atoms with van der Waals surface area (Å²) < 4.78 is 37.3. The molecule has 1 saturated heterocycles. The molecule has 1 aromatic carbocycles. The lowest BCUT2D eigenvalue weighted by molar-refractivity contribution is 0.0183. The van der Waals surface area contributed by atoms with Crippen molar-refractivity contribution in [3.8, 4) is 5.75 Å². The number of hydrogen-bond acceptors (Lipinski definition) is 3. The average molecular weight is 283 g/mol. The fraction of sp³-hybridized carbons (Fsp3) is 0.600. The van der Waals surface area contributed by atoms with Crippen LogP contribution in [-0.2, 0) is 4.74 Å². The number of benzene rings is 1. The van der Waals surface area contributed by atoms with Gasteiger partial charge in [-0.1, -0.05) is 0 Å². The second-order valence-electron chi connectivity index (χ2n) is 5.56. The predicted molar refractivity (Wildman–Crippen MR) is 70.8 cm³/mol. The fourth-order valence-electron chi connectivity index (χ4n) is 2.44. The van der Waals surface area contributed by atoms with Crippen LogP contribution in [0, 0.1) is 11.6 Å². The standard InChI is InChI=1S/C15H19F2NO2/c16-10-5-11(17)7-15(6-10)19-9-14-4-3-13(20-14)8-18-12-1-2-12/h5-7,12-14,18H,1-4,8-9H2. The molecule has 1 heterocycles. The Hall–Kier alpha value is -1.20. The van der Waals surface area contributed by atoms with Crippen molar-refractivity contribution in [1.82, 2.24) is 5.32 Å². The quantitative estimate of drug-likeness (QED) is 0.870. The van der Waals surface area contributed by atoms with Gasteiger partial charge in [-0.3, -0.25) is 0 Å². The van der Waals surface area contributed by atoms with Crippen LogP contribution in [0.25, 0.3) is 0 Å². The summed E-state index contributed by atoms with van der Waals surface area (Å²) in [5, 5.41) is 3.44. The number of hydrogen-bond donors (Lipinski definition) is 1. The molecule has 3 rings (SSSR count). The maximum Gasteiger partial charge on any atom is 0.129 e. The normalized spacial score (nSPS) is 25.9. The van der Waals surface area contributed by atoms with Crippen molar-refractivity contribution >= 4 is 0 Å². The molecule has 5 heteroatoms. The van der Waals surface area contributed by atoms with Crippen molar-refractivity contribution in [3.05, 3.63) is 29.8 Å². The number of halogens is 2. The van der Waals surface area contributed by atoms with Crippen molar-refractivity contribution < 1.29 is 18.3 Å². The molecule has 1 N–H and O–H groups in total. The van der Waals surface area contributed by atoms with Gasteiger partial charge in [0.2, 0.25) is 0 Å². The molecule has 2 atom stereocenters. The fourth-order valence-corrected chi connectivity index (χ4v) is 2.44. The largest absolute Gasteiger partial charge is 0.491 e. The molecule has 2 aliphatic rings. The van der Waals surface area contributed by atoms with E-state index >= 15 is 0 Å². The predicted octanol–water partition coefficient (Wildman–Crippen LogP) is 2.64. The van der Waals surface area contributed by atoms with Gasteiger partial charge >= 0.3 is 0 Å². The van der Waals surface area contributed by atoms with E-state index < -0.39 is 11.6 Å². The molecule has 0 amide bonds. The summed E-state index contributed by atoms with van der Waals surface area (Å²) in [5.41, 5.74) is 0. The molecule has 1 aromatic rings. The molecule has 110 valence electrons. The number of rotatable bonds is 6. The van der Waals surface area contributed by atoms with Gasteiger partial charge in [0, 0.05) is 30.8 Å². The molecule has 1 aliphatic heterocycles. The van der Waals surface area contributed by atoms with Gasteiger partial charge in [0.25, 0.3) is 0 Å².